The van der Waals surface area contributed by atoms with Gasteiger partial charge in [-0.3, -0.25) is 9.78 Å². The fraction of sp³-hybridized carbons (Fsp3) is 0.333. The molecule has 3 heterocycles. The Hall–Kier alpha value is -4.20. The Morgan fingerprint density at radius 3 is 2.82 bits per heavy atom. The van der Waals surface area contributed by atoms with E-state index in [1.54, 1.807) is 24.5 Å². The number of nitrogens with one attached hydrogen (secondary N) is 2. The molecule has 198 valence electrons. The summed E-state index contributed by atoms with van der Waals surface area (Å²) < 4.78 is 5.95. The van der Waals surface area contributed by atoms with Crippen LogP contribution in [0.5, 0.6) is 5.75 Å². The fourth-order valence-corrected chi connectivity index (χ4v) is 4.27. The maximum absolute atomic E-state index is 12.8. The van der Waals surface area contributed by atoms with Gasteiger partial charge in [0.2, 0.25) is 0 Å². The Kier molecular flexibility index (Phi) is 9.08. The third kappa shape index (κ3) is 6.97. The van der Waals surface area contributed by atoms with Gasteiger partial charge in [0.1, 0.15) is 17.4 Å². The molecule has 0 fully saturated rings. The van der Waals surface area contributed by atoms with E-state index in [1.165, 1.54) is 0 Å². The van der Waals surface area contributed by atoms with Crippen LogP contribution in [-0.2, 0) is 13.0 Å². The minimum Gasteiger partial charge on any atom is -0.492 e. The van der Waals surface area contributed by atoms with Crippen molar-refractivity contribution in [1.29, 1.82) is 0 Å². The van der Waals surface area contributed by atoms with Crippen molar-refractivity contribution in [2.24, 2.45) is 16.6 Å². The van der Waals surface area contributed by atoms with Gasteiger partial charge in [0.15, 0.2) is 0 Å². The number of aliphatic imine (C=N–C) groups is 1. The summed E-state index contributed by atoms with van der Waals surface area (Å²) in [5, 5.41) is 6.79. The number of rotatable bonds is 11. The van der Waals surface area contributed by atoms with Gasteiger partial charge in [-0.15, -0.1) is 0 Å². The zero-order valence-corrected chi connectivity index (χ0v) is 22.3. The van der Waals surface area contributed by atoms with Crippen molar-refractivity contribution in [3.8, 4) is 16.9 Å². The number of carbonyl (C=O) groups excluding carboxylic acids is 1. The number of hydrogen-bond acceptors (Lipinski definition) is 6. The molecule has 0 atom stereocenters. The van der Waals surface area contributed by atoms with E-state index in [4.69, 9.17) is 10.5 Å². The number of pyridine rings is 2. The van der Waals surface area contributed by atoms with Crippen molar-refractivity contribution >= 4 is 17.6 Å². The van der Waals surface area contributed by atoms with Crippen LogP contribution in [0.2, 0.25) is 0 Å². The van der Waals surface area contributed by atoms with Crippen molar-refractivity contribution < 1.29 is 9.53 Å². The number of amidine groups is 1. The quantitative estimate of drug-likeness (QED) is 0.241. The molecule has 0 saturated heterocycles. The van der Waals surface area contributed by atoms with E-state index < -0.39 is 0 Å². The highest BCUT2D eigenvalue weighted by atomic mass is 16.5. The number of anilines is 1. The second kappa shape index (κ2) is 12.9. The Labute approximate surface area is 224 Å². The largest absolute Gasteiger partial charge is 0.492 e. The van der Waals surface area contributed by atoms with Gasteiger partial charge >= 0.3 is 0 Å². The monoisotopic (exact) mass is 512 g/mol. The lowest BCUT2D eigenvalue weighted by molar-refractivity contribution is 0.100. The van der Waals surface area contributed by atoms with Crippen LogP contribution in [-0.4, -0.2) is 34.9 Å². The van der Waals surface area contributed by atoms with Gasteiger partial charge in [-0.25, -0.2) is 4.98 Å². The van der Waals surface area contributed by atoms with E-state index in [1.807, 2.05) is 43.5 Å². The Morgan fingerprint density at radius 1 is 1.24 bits per heavy atom. The van der Waals surface area contributed by atoms with Crippen molar-refractivity contribution in [3.63, 3.8) is 0 Å². The first-order valence-electron chi connectivity index (χ1n) is 13.2. The van der Waals surface area contributed by atoms with Gasteiger partial charge in [-0.05, 0) is 60.2 Å². The topological polar surface area (TPSA) is 115 Å². The Balaban J connectivity index is 1.43. The van der Waals surface area contributed by atoms with Crippen molar-refractivity contribution in [2.75, 3.05) is 18.5 Å². The molecular formula is C30H36N6O2. The molecule has 4 rings (SSSR count). The summed E-state index contributed by atoms with van der Waals surface area (Å²) in [5.41, 5.74) is 11.5. The molecule has 38 heavy (non-hydrogen) atoms. The predicted octanol–water partition coefficient (Wildman–Crippen LogP) is 5.12. The summed E-state index contributed by atoms with van der Waals surface area (Å²) in [6.07, 6.45) is 9.74. The van der Waals surface area contributed by atoms with Crippen LogP contribution in [0.1, 0.15) is 55.1 Å². The SMILES string of the molecule is CC/C(=C/C(N)=NC(=O)c1cccc(CNc2ncc(-c3ccncc3)c3c2CCO3)c1)NCCC(C)C. The molecule has 0 unspecified atom stereocenters. The second-order valence-corrected chi connectivity index (χ2v) is 9.69. The van der Waals surface area contributed by atoms with E-state index in [-0.39, 0.29) is 11.7 Å². The molecule has 0 saturated carbocycles. The number of nitrogens with zero attached hydrogens (tertiary/aromatic N) is 3. The zero-order chi connectivity index (χ0) is 26.9. The van der Waals surface area contributed by atoms with Crippen LogP contribution in [0, 0.1) is 5.92 Å². The van der Waals surface area contributed by atoms with Gasteiger partial charge in [-0.2, -0.15) is 4.99 Å². The molecule has 1 aromatic carbocycles. The maximum Gasteiger partial charge on any atom is 0.278 e. The first kappa shape index (κ1) is 26.9. The Bertz CT molecular complexity index is 1320. The van der Waals surface area contributed by atoms with Crippen LogP contribution < -0.4 is 21.1 Å². The number of aromatic nitrogens is 2. The molecule has 3 aromatic rings. The molecule has 1 aliphatic rings. The van der Waals surface area contributed by atoms with E-state index >= 15 is 0 Å². The lowest BCUT2D eigenvalue weighted by Crippen LogP contribution is -2.20. The molecular weight excluding hydrogens is 476 g/mol. The standard InChI is InChI=1S/C30H36N6O2/c1-4-24(33-14-8-20(2)3)17-27(31)36-30(37)23-7-5-6-21(16-23)18-34-29-25-11-15-38-28(25)26(19-35-29)22-9-12-32-13-10-22/h5-7,9-10,12-13,16-17,19-20,33H,4,8,11,14-15,18H2,1-3H3,(H,34,35)(H2,31,36,37)/b24-17-. The number of nitrogens with two attached hydrogens (primary N) is 1. The normalized spacial score (nSPS) is 13.3. The summed E-state index contributed by atoms with van der Waals surface area (Å²) in [5.74, 6) is 2.09. The van der Waals surface area contributed by atoms with Gasteiger partial charge in [0.05, 0.1) is 6.61 Å². The minimum absolute atomic E-state index is 0.196. The summed E-state index contributed by atoms with van der Waals surface area (Å²) in [7, 11) is 0. The first-order valence-corrected chi connectivity index (χ1v) is 13.2. The lowest BCUT2D eigenvalue weighted by atomic mass is 10.0. The summed E-state index contributed by atoms with van der Waals surface area (Å²) in [4.78, 5) is 25.7. The van der Waals surface area contributed by atoms with Crippen molar-refractivity contribution in [1.82, 2.24) is 15.3 Å². The van der Waals surface area contributed by atoms with Gasteiger partial charge in [-0.1, -0.05) is 32.9 Å². The Morgan fingerprint density at radius 2 is 2.05 bits per heavy atom. The average molecular weight is 513 g/mol. The highest BCUT2D eigenvalue weighted by Gasteiger charge is 2.22. The van der Waals surface area contributed by atoms with Crippen LogP contribution >= 0.6 is 0 Å². The van der Waals surface area contributed by atoms with Crippen LogP contribution in [0.15, 0.2) is 71.8 Å². The molecule has 8 heteroatoms. The van der Waals surface area contributed by atoms with E-state index in [0.29, 0.717) is 24.6 Å². The number of amides is 1. The molecule has 0 bridgehead atoms. The smallest absolute Gasteiger partial charge is 0.278 e. The van der Waals surface area contributed by atoms with Crippen molar-refractivity contribution in [3.05, 3.63) is 83.5 Å². The summed E-state index contributed by atoms with van der Waals surface area (Å²) in [6, 6.07) is 11.3. The first-order chi connectivity index (χ1) is 18.4. The third-order valence-electron chi connectivity index (χ3n) is 6.36. The second-order valence-electron chi connectivity index (χ2n) is 9.69. The molecule has 0 aliphatic carbocycles. The summed E-state index contributed by atoms with van der Waals surface area (Å²) in [6.45, 7) is 8.42. The number of fused-ring (bicyclic) bond motifs is 1. The molecule has 1 amide bonds. The zero-order valence-electron chi connectivity index (χ0n) is 22.3. The fourth-order valence-electron chi connectivity index (χ4n) is 4.27. The van der Waals surface area contributed by atoms with Crippen LogP contribution in [0.25, 0.3) is 11.1 Å². The number of benzene rings is 1. The van der Waals surface area contributed by atoms with Gasteiger partial charge in [0.25, 0.3) is 5.91 Å². The molecule has 4 N–H and O–H groups in total. The summed E-state index contributed by atoms with van der Waals surface area (Å²) >= 11 is 0. The van der Waals surface area contributed by atoms with Gasteiger partial charge in [0, 0.05) is 60.5 Å². The number of carbonyl (C=O) groups is 1. The number of allylic oxidation sites excluding steroid dienone is 1. The van der Waals surface area contributed by atoms with E-state index in [2.05, 4.69) is 39.4 Å². The maximum atomic E-state index is 12.8. The minimum atomic E-state index is -0.368. The third-order valence-corrected chi connectivity index (χ3v) is 6.36. The van der Waals surface area contributed by atoms with E-state index in [9.17, 15) is 4.79 Å². The van der Waals surface area contributed by atoms with Crippen LogP contribution in [0.3, 0.4) is 0 Å². The molecule has 1 aliphatic heterocycles. The predicted molar refractivity (Wildman–Crippen MR) is 152 cm³/mol. The number of hydrogen-bond donors (Lipinski definition) is 3. The van der Waals surface area contributed by atoms with Crippen LogP contribution in [0.4, 0.5) is 5.82 Å². The average Bonchev–Trinajstić information content (AvgIpc) is 3.42. The molecule has 0 radical (unpaired) electrons. The molecule has 0 spiro atoms. The van der Waals surface area contributed by atoms with E-state index in [0.717, 1.165) is 65.3 Å². The molecule has 8 nitrogen and oxygen atoms in total. The van der Waals surface area contributed by atoms with Gasteiger partial charge < -0.3 is 21.1 Å². The number of ether oxygens (including phenoxy) is 1. The highest BCUT2D eigenvalue weighted by molar-refractivity contribution is 6.06. The molecule has 2 aromatic heterocycles. The lowest BCUT2D eigenvalue weighted by Gasteiger charge is -2.13. The van der Waals surface area contributed by atoms with Crippen molar-refractivity contribution in [2.45, 2.75) is 46.6 Å². The highest BCUT2D eigenvalue weighted by Crippen LogP contribution is 2.39.